The summed E-state index contributed by atoms with van der Waals surface area (Å²) in [6, 6.07) is 7.39. The van der Waals surface area contributed by atoms with Gasteiger partial charge in [0.15, 0.2) is 0 Å². The van der Waals surface area contributed by atoms with Crippen molar-refractivity contribution in [1.29, 1.82) is 0 Å². The monoisotopic (exact) mass is 441 g/mol. The lowest BCUT2D eigenvalue weighted by molar-refractivity contribution is 0.668. The number of nitrogens with zero attached hydrogens (tertiary/aromatic N) is 2. The molecule has 0 atom stereocenters. The van der Waals surface area contributed by atoms with Crippen LogP contribution < -0.4 is 5.32 Å². The fourth-order valence-corrected chi connectivity index (χ4v) is 3.18. The fourth-order valence-electron chi connectivity index (χ4n) is 3.18. The Hall–Kier alpha value is -0.880. The average molecular weight is 441 g/mol. The van der Waals surface area contributed by atoms with E-state index in [1.54, 1.807) is 11.1 Å². The zero-order valence-corrected chi connectivity index (χ0v) is 18.3. The quantitative estimate of drug-likeness (QED) is 0.678. The van der Waals surface area contributed by atoms with E-state index < -0.39 is 0 Å². The molecule has 1 aliphatic rings. The molecule has 0 unspecified atom stereocenters. The Balaban J connectivity index is 0.000000425. The molecule has 0 spiro atoms. The standard InChI is InChI=1S/C16H20N2.C4H11N.HI/c1-11-16(12(2)18(3)17-11)15-10-6-8-13-7-4-5-9-14(13)15;1-4(2)5-3;/h6,8,10H,4-5,7,9H2,1-3H3;4-5H,1-3H3;1H. The van der Waals surface area contributed by atoms with E-state index in [0.717, 1.165) is 5.69 Å². The summed E-state index contributed by atoms with van der Waals surface area (Å²) in [7, 11) is 3.98. The highest BCUT2D eigenvalue weighted by Crippen LogP contribution is 2.34. The smallest absolute Gasteiger partial charge is 0.0674 e. The number of hydrogen-bond donors (Lipinski definition) is 1. The van der Waals surface area contributed by atoms with Crippen LogP contribution in [0.25, 0.3) is 11.1 Å². The Morgan fingerprint density at radius 3 is 2.29 bits per heavy atom. The predicted octanol–water partition coefficient (Wildman–Crippen LogP) is 4.81. The second kappa shape index (κ2) is 9.56. The summed E-state index contributed by atoms with van der Waals surface area (Å²) < 4.78 is 1.99. The van der Waals surface area contributed by atoms with Crippen molar-refractivity contribution >= 4 is 24.0 Å². The number of rotatable bonds is 2. The summed E-state index contributed by atoms with van der Waals surface area (Å²) >= 11 is 0. The molecule has 0 saturated carbocycles. The second-order valence-corrected chi connectivity index (χ2v) is 6.76. The molecule has 0 radical (unpaired) electrons. The molecule has 0 fully saturated rings. The zero-order chi connectivity index (χ0) is 17.0. The topological polar surface area (TPSA) is 29.9 Å². The normalized spacial score (nSPS) is 13.0. The molecule has 3 rings (SSSR count). The molecule has 4 heteroatoms. The molecule has 0 amide bonds. The first-order chi connectivity index (χ1) is 11.0. The van der Waals surface area contributed by atoms with Gasteiger partial charge in [0, 0.05) is 24.3 Å². The van der Waals surface area contributed by atoms with E-state index in [0.29, 0.717) is 6.04 Å². The molecule has 2 aromatic rings. The fraction of sp³-hybridized carbons (Fsp3) is 0.550. The van der Waals surface area contributed by atoms with E-state index in [9.17, 15) is 0 Å². The lowest BCUT2D eigenvalue weighted by atomic mass is 9.85. The van der Waals surface area contributed by atoms with Gasteiger partial charge in [-0.2, -0.15) is 5.10 Å². The van der Waals surface area contributed by atoms with Crippen LogP contribution in [0.5, 0.6) is 0 Å². The number of halogens is 1. The maximum Gasteiger partial charge on any atom is 0.0674 e. The van der Waals surface area contributed by atoms with Crippen molar-refractivity contribution < 1.29 is 0 Å². The largest absolute Gasteiger partial charge is 0.318 e. The second-order valence-electron chi connectivity index (χ2n) is 6.76. The molecule has 134 valence electrons. The Morgan fingerprint density at radius 1 is 1.12 bits per heavy atom. The van der Waals surface area contributed by atoms with Crippen LogP contribution in [0.4, 0.5) is 0 Å². The summed E-state index contributed by atoms with van der Waals surface area (Å²) in [5, 5.41) is 7.58. The third kappa shape index (κ3) is 4.82. The van der Waals surface area contributed by atoms with Crippen molar-refractivity contribution in [2.75, 3.05) is 7.05 Å². The van der Waals surface area contributed by atoms with Crippen LogP contribution >= 0.6 is 24.0 Å². The highest BCUT2D eigenvalue weighted by molar-refractivity contribution is 14.0. The Bertz CT molecular complexity index is 659. The van der Waals surface area contributed by atoms with Crippen LogP contribution in [0.2, 0.25) is 0 Å². The van der Waals surface area contributed by atoms with Gasteiger partial charge in [-0.25, -0.2) is 0 Å². The van der Waals surface area contributed by atoms with Crippen LogP contribution in [0, 0.1) is 13.8 Å². The molecule has 24 heavy (non-hydrogen) atoms. The van der Waals surface area contributed by atoms with E-state index in [4.69, 9.17) is 0 Å². The molecule has 1 aromatic carbocycles. The van der Waals surface area contributed by atoms with Crippen LogP contribution in [-0.2, 0) is 19.9 Å². The predicted molar refractivity (Wildman–Crippen MR) is 114 cm³/mol. The third-order valence-corrected chi connectivity index (χ3v) is 4.75. The van der Waals surface area contributed by atoms with E-state index in [2.05, 4.69) is 56.3 Å². The number of aromatic nitrogens is 2. The molecule has 1 aromatic heterocycles. The number of hydrogen-bond acceptors (Lipinski definition) is 2. The first kappa shape index (κ1) is 21.2. The summed E-state index contributed by atoms with van der Waals surface area (Å²) in [5.41, 5.74) is 8.27. The number of aryl methyl sites for hydroxylation is 3. The maximum atomic E-state index is 4.55. The van der Waals surface area contributed by atoms with Gasteiger partial charge in [-0.05, 0) is 63.3 Å². The molecular formula is C20H32IN3. The Kier molecular flexibility index (Phi) is 8.43. The minimum atomic E-state index is 0. The van der Waals surface area contributed by atoms with Crippen molar-refractivity contribution in [3.05, 3.63) is 40.7 Å². The van der Waals surface area contributed by atoms with E-state index >= 15 is 0 Å². The molecule has 0 bridgehead atoms. The van der Waals surface area contributed by atoms with Gasteiger partial charge in [0.2, 0.25) is 0 Å². The van der Waals surface area contributed by atoms with Gasteiger partial charge >= 0.3 is 0 Å². The van der Waals surface area contributed by atoms with Crippen molar-refractivity contribution in [3.8, 4) is 11.1 Å². The average Bonchev–Trinajstić information content (AvgIpc) is 2.80. The van der Waals surface area contributed by atoms with Gasteiger partial charge < -0.3 is 5.32 Å². The minimum absolute atomic E-state index is 0. The van der Waals surface area contributed by atoms with Crippen LogP contribution in [0.1, 0.15) is 49.2 Å². The maximum absolute atomic E-state index is 4.55. The van der Waals surface area contributed by atoms with E-state index in [-0.39, 0.29) is 24.0 Å². The molecule has 1 N–H and O–H groups in total. The zero-order valence-electron chi connectivity index (χ0n) is 15.9. The summed E-state index contributed by atoms with van der Waals surface area (Å²) in [5.74, 6) is 0. The van der Waals surface area contributed by atoms with Crippen LogP contribution in [0.3, 0.4) is 0 Å². The van der Waals surface area contributed by atoms with Gasteiger partial charge in [-0.3, -0.25) is 4.68 Å². The summed E-state index contributed by atoms with van der Waals surface area (Å²) in [6.45, 7) is 8.50. The van der Waals surface area contributed by atoms with Gasteiger partial charge in [-0.1, -0.05) is 32.0 Å². The third-order valence-electron chi connectivity index (χ3n) is 4.75. The first-order valence-electron chi connectivity index (χ1n) is 8.74. The van der Waals surface area contributed by atoms with Gasteiger partial charge in [0.25, 0.3) is 0 Å². The van der Waals surface area contributed by atoms with Crippen molar-refractivity contribution in [2.45, 2.75) is 59.4 Å². The minimum Gasteiger partial charge on any atom is -0.318 e. The van der Waals surface area contributed by atoms with Crippen LogP contribution in [-0.4, -0.2) is 22.9 Å². The molecule has 0 saturated heterocycles. The van der Waals surface area contributed by atoms with Crippen molar-refractivity contribution in [2.24, 2.45) is 7.05 Å². The van der Waals surface area contributed by atoms with Gasteiger partial charge in [0.1, 0.15) is 0 Å². The van der Waals surface area contributed by atoms with Gasteiger partial charge in [-0.15, -0.1) is 24.0 Å². The van der Waals surface area contributed by atoms with Crippen molar-refractivity contribution in [3.63, 3.8) is 0 Å². The van der Waals surface area contributed by atoms with Crippen LogP contribution in [0.15, 0.2) is 18.2 Å². The van der Waals surface area contributed by atoms with Gasteiger partial charge in [0.05, 0.1) is 5.69 Å². The SMILES string of the molecule is CNC(C)C.Cc1nn(C)c(C)c1-c1cccc2c1CCCC2.I. The first-order valence-corrected chi connectivity index (χ1v) is 8.74. The Morgan fingerprint density at radius 2 is 1.75 bits per heavy atom. The molecule has 1 aliphatic carbocycles. The lowest BCUT2D eigenvalue weighted by Gasteiger charge is -2.19. The molecule has 1 heterocycles. The molecular weight excluding hydrogens is 409 g/mol. The number of fused-ring (bicyclic) bond motifs is 1. The summed E-state index contributed by atoms with van der Waals surface area (Å²) in [6.07, 6.45) is 5.12. The summed E-state index contributed by atoms with van der Waals surface area (Å²) in [4.78, 5) is 0. The number of nitrogens with one attached hydrogen (secondary N) is 1. The van der Waals surface area contributed by atoms with E-state index in [1.807, 2.05) is 18.8 Å². The molecule has 0 aliphatic heterocycles. The highest BCUT2D eigenvalue weighted by atomic mass is 127. The lowest BCUT2D eigenvalue weighted by Crippen LogP contribution is -2.15. The molecule has 3 nitrogen and oxygen atoms in total. The Labute approximate surface area is 164 Å². The van der Waals surface area contributed by atoms with E-state index in [1.165, 1.54) is 42.5 Å². The highest BCUT2D eigenvalue weighted by Gasteiger charge is 2.18. The number of benzene rings is 1. The van der Waals surface area contributed by atoms with Crippen molar-refractivity contribution in [1.82, 2.24) is 15.1 Å².